The number of rotatable bonds is 4. The van der Waals surface area contributed by atoms with Gasteiger partial charge in [-0.05, 0) is 45.3 Å². The number of nitrogens with two attached hydrogens (primary N) is 1. The topological polar surface area (TPSA) is 56.3 Å². The Labute approximate surface area is 98.0 Å². The van der Waals surface area contributed by atoms with Crippen LogP contribution in [0.4, 0.5) is 0 Å². The summed E-state index contributed by atoms with van der Waals surface area (Å²) in [7, 11) is 0. The summed E-state index contributed by atoms with van der Waals surface area (Å²) in [6.07, 6.45) is 4.84. The van der Waals surface area contributed by atoms with E-state index in [1.165, 1.54) is 45.4 Å². The van der Waals surface area contributed by atoms with Crippen molar-refractivity contribution in [2.75, 3.05) is 32.7 Å². The Kier molecular flexibility index (Phi) is 4.16. The van der Waals surface area contributed by atoms with Gasteiger partial charge in [-0.2, -0.15) is 5.26 Å². The third-order valence-corrected chi connectivity index (χ3v) is 3.83. The number of nitriles is 1. The predicted octanol–water partition coefficient (Wildman–Crippen LogP) is 0.397. The minimum atomic E-state index is -0.286. The number of hydrogen-bond acceptors (Lipinski definition) is 4. The Bertz CT molecular complexity index is 254. The zero-order valence-electron chi connectivity index (χ0n) is 9.94. The molecule has 0 aliphatic carbocycles. The average molecular weight is 222 g/mol. The van der Waals surface area contributed by atoms with Gasteiger partial charge in [0, 0.05) is 19.1 Å². The maximum absolute atomic E-state index is 8.63. The molecule has 0 aromatic heterocycles. The number of likely N-dealkylation sites (tertiary alicyclic amines) is 2. The summed E-state index contributed by atoms with van der Waals surface area (Å²) in [4.78, 5) is 5.09. The van der Waals surface area contributed by atoms with E-state index in [0.29, 0.717) is 0 Å². The van der Waals surface area contributed by atoms with Crippen molar-refractivity contribution >= 4 is 0 Å². The van der Waals surface area contributed by atoms with Gasteiger partial charge in [-0.1, -0.05) is 0 Å². The number of nitrogens with zero attached hydrogens (tertiary/aromatic N) is 3. The highest BCUT2D eigenvalue weighted by Crippen LogP contribution is 2.20. The van der Waals surface area contributed by atoms with Gasteiger partial charge in [0.15, 0.2) is 0 Å². The van der Waals surface area contributed by atoms with E-state index in [2.05, 4.69) is 15.9 Å². The van der Waals surface area contributed by atoms with E-state index in [1.807, 2.05) is 0 Å². The van der Waals surface area contributed by atoms with E-state index in [-0.39, 0.29) is 6.04 Å². The monoisotopic (exact) mass is 222 g/mol. The molecule has 0 bridgehead atoms. The molecule has 0 aromatic rings. The van der Waals surface area contributed by atoms with Crippen LogP contribution in [-0.2, 0) is 0 Å². The normalized spacial score (nSPS) is 29.4. The summed E-state index contributed by atoms with van der Waals surface area (Å²) in [6, 6.07) is 2.57. The molecule has 4 heteroatoms. The molecule has 0 aromatic carbocycles. The molecule has 2 aliphatic rings. The summed E-state index contributed by atoms with van der Waals surface area (Å²) >= 11 is 0. The molecule has 2 atom stereocenters. The molecule has 0 amide bonds. The van der Waals surface area contributed by atoms with E-state index in [1.54, 1.807) is 0 Å². The van der Waals surface area contributed by atoms with Crippen molar-refractivity contribution in [1.82, 2.24) is 9.80 Å². The van der Waals surface area contributed by atoms with Crippen LogP contribution >= 0.6 is 0 Å². The van der Waals surface area contributed by atoms with Crippen LogP contribution in [0.2, 0.25) is 0 Å². The third-order valence-electron chi connectivity index (χ3n) is 3.83. The molecule has 2 unspecified atom stereocenters. The molecule has 2 rings (SSSR count). The summed E-state index contributed by atoms with van der Waals surface area (Å²) in [6.45, 7) is 5.92. The van der Waals surface area contributed by atoms with Crippen LogP contribution in [0.3, 0.4) is 0 Å². The van der Waals surface area contributed by atoms with E-state index in [4.69, 9.17) is 11.0 Å². The van der Waals surface area contributed by atoms with Crippen LogP contribution in [-0.4, -0.2) is 54.6 Å². The van der Waals surface area contributed by atoms with E-state index >= 15 is 0 Å². The molecular formula is C12H22N4. The van der Waals surface area contributed by atoms with Crippen LogP contribution in [0.1, 0.15) is 25.7 Å². The van der Waals surface area contributed by atoms with Crippen LogP contribution in [0.5, 0.6) is 0 Å². The molecular weight excluding hydrogens is 200 g/mol. The minimum absolute atomic E-state index is 0.286. The molecule has 2 fully saturated rings. The van der Waals surface area contributed by atoms with Crippen LogP contribution in [0.25, 0.3) is 0 Å². The summed E-state index contributed by atoms with van der Waals surface area (Å²) < 4.78 is 0. The molecule has 2 N–H and O–H groups in total. The van der Waals surface area contributed by atoms with Crippen molar-refractivity contribution in [3.63, 3.8) is 0 Å². The fourth-order valence-corrected chi connectivity index (χ4v) is 2.81. The molecule has 90 valence electrons. The lowest BCUT2D eigenvalue weighted by Gasteiger charge is -2.23. The standard InChI is InChI=1S/C12H22N4/c13-9-11(14)3-7-15-8-4-12(10-15)16-5-1-2-6-16/h11-12H,1-8,10,14H2. The van der Waals surface area contributed by atoms with Gasteiger partial charge in [-0.3, -0.25) is 4.90 Å². The highest BCUT2D eigenvalue weighted by Gasteiger charge is 2.28. The fraction of sp³-hybridized carbons (Fsp3) is 0.917. The van der Waals surface area contributed by atoms with E-state index < -0.39 is 0 Å². The first-order valence-electron chi connectivity index (χ1n) is 6.41. The molecule has 2 saturated heterocycles. The van der Waals surface area contributed by atoms with Gasteiger partial charge in [-0.15, -0.1) is 0 Å². The lowest BCUT2D eigenvalue weighted by molar-refractivity contribution is 0.231. The second-order valence-electron chi connectivity index (χ2n) is 5.01. The van der Waals surface area contributed by atoms with E-state index in [9.17, 15) is 0 Å². The Hall–Kier alpha value is -0.630. The van der Waals surface area contributed by atoms with Gasteiger partial charge in [0.2, 0.25) is 0 Å². The van der Waals surface area contributed by atoms with Crippen molar-refractivity contribution in [3.8, 4) is 6.07 Å². The van der Waals surface area contributed by atoms with Crippen molar-refractivity contribution in [3.05, 3.63) is 0 Å². The SMILES string of the molecule is N#CC(N)CCN1CCC(N2CCCC2)C1. The van der Waals surface area contributed by atoms with Crippen LogP contribution in [0.15, 0.2) is 0 Å². The number of hydrogen-bond donors (Lipinski definition) is 1. The quantitative estimate of drug-likeness (QED) is 0.748. The van der Waals surface area contributed by atoms with Gasteiger partial charge in [0.25, 0.3) is 0 Å². The molecule has 2 heterocycles. The zero-order valence-corrected chi connectivity index (χ0v) is 9.94. The minimum Gasteiger partial charge on any atom is -0.316 e. The largest absolute Gasteiger partial charge is 0.316 e. The Morgan fingerprint density at radius 1 is 1.31 bits per heavy atom. The van der Waals surface area contributed by atoms with Gasteiger partial charge < -0.3 is 10.6 Å². The highest BCUT2D eigenvalue weighted by molar-refractivity contribution is 4.89. The van der Waals surface area contributed by atoms with Gasteiger partial charge in [-0.25, -0.2) is 0 Å². The maximum atomic E-state index is 8.63. The first-order valence-corrected chi connectivity index (χ1v) is 6.41. The Morgan fingerprint density at radius 3 is 2.75 bits per heavy atom. The average Bonchev–Trinajstić information content (AvgIpc) is 2.95. The first-order chi connectivity index (χ1) is 7.79. The zero-order chi connectivity index (χ0) is 11.4. The fourth-order valence-electron chi connectivity index (χ4n) is 2.81. The third kappa shape index (κ3) is 2.94. The molecule has 4 nitrogen and oxygen atoms in total. The molecule has 2 aliphatic heterocycles. The van der Waals surface area contributed by atoms with Crippen LogP contribution < -0.4 is 5.73 Å². The molecule has 0 spiro atoms. The van der Waals surface area contributed by atoms with Crippen molar-refractivity contribution in [2.24, 2.45) is 5.73 Å². The smallest absolute Gasteiger partial charge is 0.0940 e. The lowest BCUT2D eigenvalue weighted by Crippen LogP contribution is -2.36. The Morgan fingerprint density at radius 2 is 2.06 bits per heavy atom. The highest BCUT2D eigenvalue weighted by atomic mass is 15.3. The van der Waals surface area contributed by atoms with Gasteiger partial charge in [0.1, 0.15) is 0 Å². The lowest BCUT2D eigenvalue weighted by atomic mass is 10.2. The summed E-state index contributed by atoms with van der Waals surface area (Å²) in [5.41, 5.74) is 5.61. The van der Waals surface area contributed by atoms with E-state index in [0.717, 1.165) is 19.0 Å². The first kappa shape index (κ1) is 11.8. The summed E-state index contributed by atoms with van der Waals surface area (Å²) in [5, 5.41) is 8.63. The maximum Gasteiger partial charge on any atom is 0.0940 e. The van der Waals surface area contributed by atoms with Crippen molar-refractivity contribution < 1.29 is 0 Å². The van der Waals surface area contributed by atoms with Gasteiger partial charge in [0.05, 0.1) is 12.1 Å². The van der Waals surface area contributed by atoms with Crippen molar-refractivity contribution in [1.29, 1.82) is 5.26 Å². The second kappa shape index (κ2) is 5.62. The molecule has 0 radical (unpaired) electrons. The Balaban J connectivity index is 1.69. The second-order valence-corrected chi connectivity index (χ2v) is 5.01. The van der Waals surface area contributed by atoms with Crippen LogP contribution in [0, 0.1) is 11.3 Å². The van der Waals surface area contributed by atoms with Gasteiger partial charge >= 0.3 is 0 Å². The predicted molar refractivity (Wildman–Crippen MR) is 63.9 cm³/mol. The van der Waals surface area contributed by atoms with Crippen molar-refractivity contribution in [2.45, 2.75) is 37.8 Å². The molecule has 0 saturated carbocycles. The summed E-state index contributed by atoms with van der Waals surface area (Å²) in [5.74, 6) is 0. The molecule has 16 heavy (non-hydrogen) atoms.